The van der Waals surface area contributed by atoms with Gasteiger partial charge in [-0.3, -0.25) is 4.79 Å². The zero-order valence-electron chi connectivity index (χ0n) is 12.6. The van der Waals surface area contributed by atoms with E-state index in [2.05, 4.69) is 26.6 Å². The highest BCUT2D eigenvalue weighted by Crippen LogP contribution is 2.39. The molecule has 1 aliphatic heterocycles. The zero-order chi connectivity index (χ0) is 15.5. The fourth-order valence-electron chi connectivity index (χ4n) is 2.04. The lowest BCUT2D eigenvalue weighted by Gasteiger charge is -2.20. The maximum absolute atomic E-state index is 11.7. The second-order valence-electron chi connectivity index (χ2n) is 6.04. The van der Waals surface area contributed by atoms with Crippen molar-refractivity contribution < 1.29 is 14.3 Å². The monoisotopic (exact) mass is 356 g/mol. The molecule has 6 heteroatoms. The predicted octanol–water partition coefficient (Wildman–Crippen LogP) is 2.57. The number of ether oxygens (including phenoxy) is 2. The van der Waals surface area contributed by atoms with Crippen LogP contribution < -0.4 is 20.1 Å². The number of amides is 1. The van der Waals surface area contributed by atoms with Crippen LogP contribution in [0.5, 0.6) is 11.5 Å². The van der Waals surface area contributed by atoms with Gasteiger partial charge in [0.15, 0.2) is 11.5 Å². The van der Waals surface area contributed by atoms with E-state index in [0.29, 0.717) is 19.5 Å². The van der Waals surface area contributed by atoms with Gasteiger partial charge in [-0.05, 0) is 54.4 Å². The molecule has 2 rings (SSSR count). The normalized spacial score (nSPS) is 13.3. The van der Waals surface area contributed by atoms with E-state index in [0.717, 1.165) is 21.5 Å². The lowest BCUT2D eigenvalue weighted by atomic mass is 10.1. The number of rotatable bonds is 5. The molecule has 0 saturated carbocycles. The van der Waals surface area contributed by atoms with E-state index < -0.39 is 0 Å². The Bertz CT molecular complexity index is 526. The van der Waals surface area contributed by atoms with E-state index in [1.54, 1.807) is 0 Å². The quantitative estimate of drug-likeness (QED) is 0.796. The zero-order valence-corrected chi connectivity index (χ0v) is 14.2. The van der Waals surface area contributed by atoms with Gasteiger partial charge in [0.2, 0.25) is 12.7 Å². The molecule has 1 amide bonds. The van der Waals surface area contributed by atoms with Gasteiger partial charge in [0.05, 0.1) is 4.47 Å². The fraction of sp³-hybridized carbons (Fsp3) is 0.533. The van der Waals surface area contributed by atoms with Crippen molar-refractivity contribution in [3.05, 3.63) is 22.2 Å². The summed E-state index contributed by atoms with van der Waals surface area (Å²) in [5.74, 6) is 1.57. The Morgan fingerprint density at radius 1 is 1.33 bits per heavy atom. The molecule has 0 fully saturated rings. The van der Waals surface area contributed by atoms with Gasteiger partial charge in [-0.1, -0.05) is 0 Å². The van der Waals surface area contributed by atoms with Crippen molar-refractivity contribution in [2.75, 3.05) is 13.3 Å². The molecule has 0 bridgehead atoms. The van der Waals surface area contributed by atoms with Gasteiger partial charge in [-0.2, -0.15) is 0 Å². The van der Waals surface area contributed by atoms with E-state index in [1.165, 1.54) is 0 Å². The summed E-state index contributed by atoms with van der Waals surface area (Å²) in [6, 6.07) is 3.95. The topological polar surface area (TPSA) is 59.6 Å². The molecule has 0 aliphatic carbocycles. The van der Waals surface area contributed by atoms with Gasteiger partial charge in [-0.25, -0.2) is 0 Å². The first-order valence-electron chi connectivity index (χ1n) is 6.95. The Morgan fingerprint density at radius 3 is 2.81 bits per heavy atom. The molecular weight excluding hydrogens is 336 g/mol. The number of carbonyl (C=O) groups excluding carboxylic acids is 1. The minimum atomic E-state index is -0.181. The van der Waals surface area contributed by atoms with Crippen molar-refractivity contribution in [3.8, 4) is 11.5 Å². The first kappa shape index (κ1) is 16.1. The van der Waals surface area contributed by atoms with Crippen molar-refractivity contribution in [1.82, 2.24) is 10.6 Å². The highest BCUT2D eigenvalue weighted by atomic mass is 79.9. The number of nitrogens with one attached hydrogen (secondary N) is 2. The Kier molecular flexibility index (Phi) is 5.11. The first-order chi connectivity index (χ1) is 9.85. The fourth-order valence-corrected chi connectivity index (χ4v) is 2.64. The highest BCUT2D eigenvalue weighted by Gasteiger charge is 2.18. The largest absolute Gasteiger partial charge is 0.454 e. The Labute approximate surface area is 133 Å². The lowest BCUT2D eigenvalue weighted by molar-refractivity contribution is -0.122. The molecule has 1 aromatic rings. The van der Waals surface area contributed by atoms with Crippen molar-refractivity contribution in [2.24, 2.45) is 0 Å². The number of fused-ring (bicyclic) bond motifs is 1. The molecule has 1 heterocycles. The highest BCUT2D eigenvalue weighted by molar-refractivity contribution is 9.10. The van der Waals surface area contributed by atoms with Gasteiger partial charge < -0.3 is 20.1 Å². The summed E-state index contributed by atoms with van der Waals surface area (Å²) >= 11 is 3.47. The minimum Gasteiger partial charge on any atom is -0.454 e. The maximum Gasteiger partial charge on any atom is 0.231 e. The van der Waals surface area contributed by atoms with Crippen LogP contribution in [0.3, 0.4) is 0 Å². The lowest BCUT2D eigenvalue weighted by Crippen LogP contribution is -2.41. The van der Waals surface area contributed by atoms with Crippen LogP contribution in [0, 0.1) is 0 Å². The van der Waals surface area contributed by atoms with E-state index in [9.17, 15) is 4.79 Å². The summed E-state index contributed by atoms with van der Waals surface area (Å²) < 4.78 is 11.6. The first-order valence-corrected chi connectivity index (χ1v) is 7.74. The second kappa shape index (κ2) is 6.66. The molecule has 0 saturated heterocycles. The van der Waals surface area contributed by atoms with Crippen molar-refractivity contribution >= 4 is 21.8 Å². The maximum atomic E-state index is 11.7. The summed E-state index contributed by atoms with van der Waals surface area (Å²) in [7, 11) is 0. The summed E-state index contributed by atoms with van der Waals surface area (Å²) in [4.78, 5) is 11.7. The standard InChI is InChI=1S/C15H21BrN2O3/c1-15(2,3)18-13(19)4-5-17-8-10-6-11(16)14-12(7-10)20-9-21-14/h6-7,17H,4-5,8-9H2,1-3H3,(H,18,19). The van der Waals surface area contributed by atoms with Crippen LogP contribution in [0.1, 0.15) is 32.8 Å². The average molecular weight is 357 g/mol. The molecule has 116 valence electrons. The summed E-state index contributed by atoms with van der Waals surface area (Å²) in [6.07, 6.45) is 0.461. The van der Waals surface area contributed by atoms with Crippen molar-refractivity contribution in [3.63, 3.8) is 0 Å². The van der Waals surface area contributed by atoms with Gasteiger partial charge in [-0.15, -0.1) is 0 Å². The second-order valence-corrected chi connectivity index (χ2v) is 6.89. The Hall–Kier alpha value is -1.27. The molecule has 21 heavy (non-hydrogen) atoms. The molecule has 5 nitrogen and oxygen atoms in total. The average Bonchev–Trinajstić information content (AvgIpc) is 2.81. The summed E-state index contributed by atoms with van der Waals surface area (Å²) in [5.41, 5.74) is 0.904. The predicted molar refractivity (Wildman–Crippen MR) is 84.5 cm³/mol. The smallest absolute Gasteiger partial charge is 0.231 e. The number of hydrogen-bond donors (Lipinski definition) is 2. The van der Waals surface area contributed by atoms with Crippen LogP contribution >= 0.6 is 15.9 Å². The van der Waals surface area contributed by atoms with Gasteiger partial charge in [0.1, 0.15) is 0 Å². The molecule has 2 N–H and O–H groups in total. The molecule has 1 aromatic carbocycles. The van der Waals surface area contributed by atoms with Crippen LogP contribution in [0.25, 0.3) is 0 Å². The van der Waals surface area contributed by atoms with Crippen molar-refractivity contribution in [2.45, 2.75) is 39.3 Å². The number of hydrogen-bond acceptors (Lipinski definition) is 4. The third-order valence-corrected chi connectivity index (χ3v) is 3.45. The number of benzene rings is 1. The molecule has 0 radical (unpaired) electrons. The van der Waals surface area contributed by atoms with Crippen molar-refractivity contribution in [1.29, 1.82) is 0 Å². The SMILES string of the molecule is CC(C)(C)NC(=O)CCNCc1cc(Br)c2c(c1)OCO2. The van der Waals surface area contributed by atoms with Crippen LogP contribution in [0.2, 0.25) is 0 Å². The van der Waals surface area contributed by atoms with Crippen LogP contribution in [-0.4, -0.2) is 24.8 Å². The van der Waals surface area contributed by atoms with Crippen LogP contribution in [-0.2, 0) is 11.3 Å². The van der Waals surface area contributed by atoms with Gasteiger partial charge in [0, 0.05) is 25.0 Å². The molecule has 0 atom stereocenters. The number of halogens is 1. The molecule has 0 aromatic heterocycles. The summed E-state index contributed by atoms with van der Waals surface area (Å²) in [6.45, 7) is 7.50. The van der Waals surface area contributed by atoms with Crippen LogP contribution in [0.4, 0.5) is 0 Å². The summed E-state index contributed by atoms with van der Waals surface area (Å²) in [5, 5.41) is 6.20. The minimum absolute atomic E-state index is 0.0573. The van der Waals surface area contributed by atoms with E-state index in [1.807, 2.05) is 32.9 Å². The Balaban J connectivity index is 1.77. The molecular formula is C15H21BrN2O3. The molecule has 0 unspecified atom stereocenters. The van der Waals surface area contributed by atoms with E-state index in [4.69, 9.17) is 9.47 Å². The van der Waals surface area contributed by atoms with Crippen LogP contribution in [0.15, 0.2) is 16.6 Å². The third kappa shape index (κ3) is 4.89. The number of carbonyl (C=O) groups is 1. The molecule has 1 aliphatic rings. The van der Waals surface area contributed by atoms with E-state index >= 15 is 0 Å². The van der Waals surface area contributed by atoms with Gasteiger partial charge in [0.25, 0.3) is 0 Å². The molecule has 0 spiro atoms. The Morgan fingerprint density at radius 2 is 2.10 bits per heavy atom. The van der Waals surface area contributed by atoms with E-state index in [-0.39, 0.29) is 18.2 Å². The van der Waals surface area contributed by atoms with Gasteiger partial charge >= 0.3 is 0 Å². The third-order valence-electron chi connectivity index (χ3n) is 2.86.